The molecule has 3 heteroatoms. The minimum absolute atomic E-state index is 0.624. The molecule has 2 rings (SSSR count). The molecular weight excluding hydrogens is 282 g/mol. The molecule has 0 heterocycles. The number of hydrogen-bond donors (Lipinski definition) is 1. The number of unbranched alkanes of at least 4 members (excludes halogenated alkanes) is 1. The van der Waals surface area contributed by atoms with Gasteiger partial charge in [-0.1, -0.05) is 37.1 Å². The molecule has 0 unspecified atom stereocenters. The Morgan fingerprint density at radius 2 is 1.71 bits per heavy atom. The lowest BCUT2D eigenvalue weighted by Gasteiger charge is -2.09. The predicted molar refractivity (Wildman–Crippen MR) is 90.5 cm³/mol. The molecule has 1 N–H and O–H groups in total. The first kappa shape index (κ1) is 15.7. The van der Waals surface area contributed by atoms with E-state index in [2.05, 4.69) is 36.5 Å². The van der Waals surface area contributed by atoms with Crippen LogP contribution in [-0.2, 0) is 6.42 Å². The fourth-order valence-electron chi connectivity index (χ4n) is 2.07. The number of aryl methyl sites for hydroxylation is 1. The fourth-order valence-corrected chi connectivity index (χ4v) is 2.19. The second-order valence-electron chi connectivity index (χ2n) is 5.03. The van der Waals surface area contributed by atoms with Crippen molar-refractivity contribution in [2.45, 2.75) is 26.2 Å². The molecule has 0 aliphatic heterocycles. The van der Waals surface area contributed by atoms with Crippen LogP contribution in [0.5, 0.6) is 5.75 Å². The standard InChI is InChI=1S/C18H22ClNO/c1-2-3-4-15-5-9-17(10-6-15)20-13-14-21-18-11-7-16(19)8-12-18/h5-12,20H,2-4,13-14H2,1H3. The van der Waals surface area contributed by atoms with Crippen LogP contribution in [0.25, 0.3) is 0 Å². The molecular formula is C18H22ClNO. The van der Waals surface area contributed by atoms with Gasteiger partial charge in [0.25, 0.3) is 0 Å². The lowest BCUT2D eigenvalue weighted by Crippen LogP contribution is -2.11. The van der Waals surface area contributed by atoms with Gasteiger partial charge in [0.2, 0.25) is 0 Å². The molecule has 0 spiro atoms. The van der Waals surface area contributed by atoms with Crippen LogP contribution in [0.4, 0.5) is 5.69 Å². The average Bonchev–Trinajstić information content (AvgIpc) is 2.52. The van der Waals surface area contributed by atoms with E-state index in [-0.39, 0.29) is 0 Å². The van der Waals surface area contributed by atoms with E-state index in [0.29, 0.717) is 6.61 Å². The summed E-state index contributed by atoms with van der Waals surface area (Å²) in [6, 6.07) is 16.1. The first-order valence-corrected chi connectivity index (χ1v) is 7.87. The number of rotatable bonds is 8. The Morgan fingerprint density at radius 3 is 2.38 bits per heavy atom. The molecule has 21 heavy (non-hydrogen) atoms. The van der Waals surface area contributed by atoms with Crippen LogP contribution in [-0.4, -0.2) is 13.2 Å². The maximum Gasteiger partial charge on any atom is 0.119 e. The Kier molecular flexibility index (Phi) is 6.42. The molecule has 0 aliphatic carbocycles. The number of benzene rings is 2. The Bertz CT molecular complexity index is 522. The maximum atomic E-state index is 5.83. The van der Waals surface area contributed by atoms with Gasteiger partial charge in [-0.25, -0.2) is 0 Å². The number of ether oxygens (including phenoxy) is 1. The van der Waals surface area contributed by atoms with Gasteiger partial charge in [-0.2, -0.15) is 0 Å². The highest BCUT2D eigenvalue weighted by Crippen LogP contribution is 2.15. The van der Waals surface area contributed by atoms with Crippen molar-refractivity contribution in [1.82, 2.24) is 0 Å². The third kappa shape index (κ3) is 5.68. The van der Waals surface area contributed by atoms with E-state index < -0.39 is 0 Å². The quantitative estimate of drug-likeness (QED) is 0.679. The molecule has 0 saturated heterocycles. The van der Waals surface area contributed by atoms with Gasteiger partial charge in [0.15, 0.2) is 0 Å². The topological polar surface area (TPSA) is 21.3 Å². The molecule has 0 aromatic heterocycles. The summed E-state index contributed by atoms with van der Waals surface area (Å²) in [7, 11) is 0. The molecule has 0 bridgehead atoms. The Morgan fingerprint density at radius 1 is 1.00 bits per heavy atom. The van der Waals surface area contributed by atoms with Crippen LogP contribution < -0.4 is 10.1 Å². The molecule has 0 aliphatic rings. The summed E-state index contributed by atoms with van der Waals surface area (Å²) in [5, 5.41) is 4.08. The van der Waals surface area contributed by atoms with Crippen molar-refractivity contribution in [2.75, 3.05) is 18.5 Å². The first-order valence-electron chi connectivity index (χ1n) is 7.49. The largest absolute Gasteiger partial charge is 0.492 e. The number of nitrogens with one attached hydrogen (secondary N) is 1. The highest BCUT2D eigenvalue weighted by molar-refractivity contribution is 6.30. The number of halogens is 1. The predicted octanol–water partition coefficient (Wildman–Crippen LogP) is 5.17. The lowest BCUT2D eigenvalue weighted by molar-refractivity contribution is 0.333. The Hall–Kier alpha value is -1.67. The normalized spacial score (nSPS) is 10.4. The number of hydrogen-bond acceptors (Lipinski definition) is 2. The molecule has 0 amide bonds. The van der Waals surface area contributed by atoms with E-state index in [1.165, 1.54) is 18.4 Å². The molecule has 2 aromatic rings. The second kappa shape index (κ2) is 8.58. The zero-order valence-corrected chi connectivity index (χ0v) is 13.2. The summed E-state index contributed by atoms with van der Waals surface area (Å²) < 4.78 is 5.64. The van der Waals surface area contributed by atoms with E-state index in [1.807, 2.05) is 24.3 Å². The van der Waals surface area contributed by atoms with Crippen LogP contribution in [0.1, 0.15) is 25.3 Å². The summed E-state index contributed by atoms with van der Waals surface area (Å²) >= 11 is 5.83. The Labute approximate surface area is 132 Å². The van der Waals surface area contributed by atoms with Gasteiger partial charge in [0.1, 0.15) is 12.4 Å². The van der Waals surface area contributed by atoms with Crippen molar-refractivity contribution in [3.63, 3.8) is 0 Å². The Balaban J connectivity index is 1.69. The maximum absolute atomic E-state index is 5.83. The molecule has 112 valence electrons. The summed E-state index contributed by atoms with van der Waals surface area (Å²) in [6.07, 6.45) is 3.65. The van der Waals surface area contributed by atoms with Gasteiger partial charge >= 0.3 is 0 Å². The van der Waals surface area contributed by atoms with Crippen LogP contribution in [0, 0.1) is 0 Å². The van der Waals surface area contributed by atoms with Crippen LogP contribution in [0.15, 0.2) is 48.5 Å². The highest BCUT2D eigenvalue weighted by atomic mass is 35.5. The van der Waals surface area contributed by atoms with Crippen molar-refractivity contribution in [3.05, 3.63) is 59.1 Å². The van der Waals surface area contributed by atoms with Crippen molar-refractivity contribution in [3.8, 4) is 5.75 Å². The van der Waals surface area contributed by atoms with Gasteiger partial charge in [-0.3, -0.25) is 0 Å². The fraction of sp³-hybridized carbons (Fsp3) is 0.333. The zero-order valence-electron chi connectivity index (χ0n) is 12.4. The monoisotopic (exact) mass is 303 g/mol. The van der Waals surface area contributed by atoms with Gasteiger partial charge in [-0.15, -0.1) is 0 Å². The smallest absolute Gasteiger partial charge is 0.119 e. The second-order valence-corrected chi connectivity index (χ2v) is 5.47. The van der Waals surface area contributed by atoms with Crippen molar-refractivity contribution in [1.29, 1.82) is 0 Å². The van der Waals surface area contributed by atoms with Gasteiger partial charge in [0, 0.05) is 17.3 Å². The highest BCUT2D eigenvalue weighted by Gasteiger charge is 1.96. The minimum Gasteiger partial charge on any atom is -0.492 e. The minimum atomic E-state index is 0.624. The third-order valence-electron chi connectivity index (χ3n) is 3.29. The first-order chi connectivity index (χ1) is 10.3. The van der Waals surface area contributed by atoms with Crippen molar-refractivity contribution in [2.24, 2.45) is 0 Å². The molecule has 0 radical (unpaired) electrons. The van der Waals surface area contributed by atoms with E-state index in [1.54, 1.807) is 0 Å². The third-order valence-corrected chi connectivity index (χ3v) is 3.54. The van der Waals surface area contributed by atoms with Crippen LogP contribution in [0.2, 0.25) is 5.02 Å². The number of anilines is 1. The van der Waals surface area contributed by atoms with Crippen molar-refractivity contribution < 1.29 is 4.74 Å². The zero-order chi connectivity index (χ0) is 14.9. The van der Waals surface area contributed by atoms with E-state index in [4.69, 9.17) is 16.3 Å². The van der Waals surface area contributed by atoms with Crippen LogP contribution in [0.3, 0.4) is 0 Å². The summed E-state index contributed by atoms with van der Waals surface area (Å²) in [5.41, 5.74) is 2.54. The van der Waals surface area contributed by atoms with Crippen LogP contribution >= 0.6 is 11.6 Å². The SMILES string of the molecule is CCCCc1ccc(NCCOc2ccc(Cl)cc2)cc1. The molecule has 2 aromatic carbocycles. The molecule has 0 atom stereocenters. The molecule has 2 nitrogen and oxygen atoms in total. The van der Waals surface area contributed by atoms with Crippen molar-refractivity contribution >= 4 is 17.3 Å². The van der Waals surface area contributed by atoms with E-state index in [0.717, 1.165) is 29.4 Å². The molecule has 0 fully saturated rings. The summed E-state index contributed by atoms with van der Waals surface area (Å²) in [5.74, 6) is 0.844. The van der Waals surface area contributed by atoms with Gasteiger partial charge < -0.3 is 10.1 Å². The summed E-state index contributed by atoms with van der Waals surface area (Å²) in [4.78, 5) is 0. The average molecular weight is 304 g/mol. The summed E-state index contributed by atoms with van der Waals surface area (Å²) in [6.45, 7) is 3.62. The van der Waals surface area contributed by atoms with E-state index >= 15 is 0 Å². The van der Waals surface area contributed by atoms with E-state index in [9.17, 15) is 0 Å². The van der Waals surface area contributed by atoms with Gasteiger partial charge in [-0.05, 0) is 54.8 Å². The lowest BCUT2D eigenvalue weighted by atomic mass is 10.1. The van der Waals surface area contributed by atoms with Gasteiger partial charge in [0.05, 0.1) is 0 Å². The molecule has 0 saturated carbocycles.